The minimum Gasteiger partial charge on any atom is -0.379 e. The van der Waals surface area contributed by atoms with Crippen molar-refractivity contribution in [3.8, 4) is 12.3 Å². The molecule has 0 spiro atoms. The maximum Gasteiger partial charge on any atom is 0.258 e. The number of nitrogens with one attached hydrogen (secondary N) is 2. The third-order valence-corrected chi connectivity index (χ3v) is 4.10. The molecule has 0 unspecified atom stereocenters. The van der Waals surface area contributed by atoms with Crippen molar-refractivity contribution in [1.29, 1.82) is 0 Å². The molecule has 0 saturated carbocycles. The average molecular weight is 338 g/mol. The number of thiazole rings is 1. The third kappa shape index (κ3) is 3.29. The number of fused-ring (bicyclic) bond motifs is 1. The average Bonchev–Trinajstić information content (AvgIpc) is 3.07. The Morgan fingerprint density at radius 3 is 3.04 bits per heavy atom. The van der Waals surface area contributed by atoms with E-state index >= 15 is 0 Å². The monoisotopic (exact) mass is 338 g/mol. The van der Waals surface area contributed by atoms with Crippen molar-refractivity contribution < 1.29 is 4.79 Å². The summed E-state index contributed by atoms with van der Waals surface area (Å²) in [6, 6.07) is 8.58. The number of benzene rings is 1. The Hall–Kier alpha value is -3.11. The van der Waals surface area contributed by atoms with Gasteiger partial charge in [0.1, 0.15) is 0 Å². The Bertz CT molecular complexity index is 984. The van der Waals surface area contributed by atoms with Gasteiger partial charge in [-0.05, 0) is 12.1 Å². The lowest BCUT2D eigenvalue weighted by atomic mass is 10.1. The Labute approximate surface area is 142 Å². The van der Waals surface area contributed by atoms with Crippen LogP contribution in [-0.4, -0.2) is 21.8 Å². The fourth-order valence-electron chi connectivity index (χ4n) is 2.23. The number of hydrogen-bond acceptors (Lipinski definition) is 5. The Morgan fingerprint density at radius 2 is 2.21 bits per heavy atom. The highest BCUT2D eigenvalue weighted by atomic mass is 32.1. The van der Waals surface area contributed by atoms with E-state index in [0.29, 0.717) is 28.5 Å². The molecule has 2 heterocycles. The second-order valence-electron chi connectivity index (χ2n) is 4.93. The molecule has 0 bridgehead atoms. The lowest BCUT2D eigenvalue weighted by Gasteiger charge is -2.11. The number of anilines is 1. The molecule has 0 fully saturated rings. The van der Waals surface area contributed by atoms with E-state index in [9.17, 15) is 9.59 Å². The lowest BCUT2D eigenvalue weighted by molar-refractivity contribution is 0.0959. The van der Waals surface area contributed by atoms with Crippen LogP contribution in [0.5, 0.6) is 0 Å². The molecule has 0 aliphatic heterocycles. The lowest BCUT2D eigenvalue weighted by Crippen LogP contribution is -2.24. The van der Waals surface area contributed by atoms with Crippen LogP contribution >= 0.6 is 11.3 Å². The Morgan fingerprint density at radius 1 is 1.38 bits per heavy atom. The van der Waals surface area contributed by atoms with Gasteiger partial charge in [0.15, 0.2) is 4.96 Å². The van der Waals surface area contributed by atoms with E-state index in [1.54, 1.807) is 24.4 Å². The van der Waals surface area contributed by atoms with Crippen LogP contribution in [0.2, 0.25) is 0 Å². The zero-order valence-electron chi connectivity index (χ0n) is 12.7. The van der Waals surface area contributed by atoms with Crippen LogP contribution in [-0.2, 0) is 6.54 Å². The summed E-state index contributed by atoms with van der Waals surface area (Å²) in [6.07, 6.45) is 6.85. The second-order valence-corrected chi connectivity index (χ2v) is 5.80. The highest BCUT2D eigenvalue weighted by molar-refractivity contribution is 7.15. The van der Waals surface area contributed by atoms with Crippen LogP contribution in [0.1, 0.15) is 16.1 Å². The van der Waals surface area contributed by atoms with Crippen molar-refractivity contribution >= 4 is 27.9 Å². The molecule has 3 aromatic rings. The van der Waals surface area contributed by atoms with Gasteiger partial charge in [-0.3, -0.25) is 14.0 Å². The number of hydrogen-bond donors (Lipinski definition) is 2. The number of nitrogens with zero attached hydrogens (tertiary/aromatic N) is 2. The molecule has 0 aliphatic carbocycles. The van der Waals surface area contributed by atoms with Gasteiger partial charge in [0.25, 0.3) is 11.5 Å². The molecule has 6 nitrogen and oxygen atoms in total. The number of amides is 1. The summed E-state index contributed by atoms with van der Waals surface area (Å²) in [7, 11) is 0. The number of carbonyl (C=O) groups is 1. The van der Waals surface area contributed by atoms with Crippen molar-refractivity contribution in [2.24, 2.45) is 0 Å². The van der Waals surface area contributed by atoms with Gasteiger partial charge >= 0.3 is 0 Å². The molecule has 1 amide bonds. The van der Waals surface area contributed by atoms with E-state index in [1.165, 1.54) is 21.8 Å². The largest absolute Gasteiger partial charge is 0.379 e. The first-order chi connectivity index (χ1) is 11.7. The first kappa shape index (κ1) is 15.8. The van der Waals surface area contributed by atoms with E-state index in [-0.39, 0.29) is 18.0 Å². The molecule has 1 aromatic carbocycles. The fourth-order valence-corrected chi connectivity index (χ4v) is 2.96. The molecule has 2 aromatic heterocycles. The molecule has 3 rings (SSSR count). The fraction of sp³-hybridized carbons (Fsp3) is 0.118. The van der Waals surface area contributed by atoms with Gasteiger partial charge in [0.05, 0.1) is 24.3 Å². The molecule has 24 heavy (non-hydrogen) atoms. The van der Waals surface area contributed by atoms with E-state index < -0.39 is 0 Å². The summed E-state index contributed by atoms with van der Waals surface area (Å²) in [4.78, 5) is 29.2. The minimum atomic E-state index is -0.252. The SMILES string of the molecule is C#CCNC(=O)c1ccccc1NCc1cc(=O)n2ccsc2n1. The summed E-state index contributed by atoms with van der Waals surface area (Å²) < 4.78 is 1.50. The molecule has 0 aliphatic rings. The molecule has 120 valence electrons. The number of carbonyl (C=O) groups excluding carboxylic acids is 1. The zero-order chi connectivity index (χ0) is 16.9. The van der Waals surface area contributed by atoms with E-state index in [4.69, 9.17) is 6.42 Å². The van der Waals surface area contributed by atoms with Gasteiger partial charge in [-0.15, -0.1) is 17.8 Å². The highest BCUT2D eigenvalue weighted by Crippen LogP contribution is 2.16. The standard InChI is InChI=1S/C17H14N4O2S/c1-2-7-18-16(23)13-5-3-4-6-14(13)19-11-12-10-15(22)21-8-9-24-17(21)20-12/h1,3-6,8-10,19H,7,11H2,(H,18,23). The van der Waals surface area contributed by atoms with Crippen LogP contribution in [0, 0.1) is 12.3 Å². The predicted octanol–water partition coefficient (Wildman–Crippen LogP) is 1.73. The Balaban J connectivity index is 1.80. The molecule has 7 heteroatoms. The molecule has 2 N–H and O–H groups in total. The second kappa shape index (κ2) is 6.98. The third-order valence-electron chi connectivity index (χ3n) is 3.34. The van der Waals surface area contributed by atoms with Crippen molar-refractivity contribution in [3.05, 3.63) is 63.5 Å². The van der Waals surface area contributed by atoms with Crippen LogP contribution in [0.3, 0.4) is 0 Å². The zero-order valence-corrected chi connectivity index (χ0v) is 13.5. The smallest absolute Gasteiger partial charge is 0.258 e. The number of para-hydroxylation sites is 1. The van der Waals surface area contributed by atoms with Crippen molar-refractivity contribution in [2.45, 2.75) is 6.54 Å². The van der Waals surface area contributed by atoms with E-state index in [1.807, 2.05) is 11.4 Å². The number of terminal acetylenes is 1. The van der Waals surface area contributed by atoms with Gasteiger partial charge in [-0.2, -0.15) is 0 Å². The topological polar surface area (TPSA) is 75.5 Å². The normalized spacial score (nSPS) is 10.3. The van der Waals surface area contributed by atoms with Gasteiger partial charge in [-0.25, -0.2) is 4.98 Å². The van der Waals surface area contributed by atoms with Crippen molar-refractivity contribution in [3.63, 3.8) is 0 Å². The molecular formula is C17H14N4O2S. The first-order valence-electron chi connectivity index (χ1n) is 7.19. The van der Waals surface area contributed by atoms with Gasteiger partial charge in [-0.1, -0.05) is 18.1 Å². The number of aromatic nitrogens is 2. The predicted molar refractivity (Wildman–Crippen MR) is 94.3 cm³/mol. The molecule has 0 atom stereocenters. The van der Waals surface area contributed by atoms with Crippen molar-refractivity contribution in [1.82, 2.24) is 14.7 Å². The van der Waals surface area contributed by atoms with Gasteiger partial charge in [0, 0.05) is 23.3 Å². The molecule has 0 saturated heterocycles. The van der Waals surface area contributed by atoms with Crippen LogP contribution in [0.25, 0.3) is 4.96 Å². The maximum absolute atomic E-state index is 12.1. The van der Waals surface area contributed by atoms with Gasteiger partial charge < -0.3 is 10.6 Å². The highest BCUT2D eigenvalue weighted by Gasteiger charge is 2.10. The summed E-state index contributed by atoms with van der Waals surface area (Å²) in [6.45, 7) is 0.504. The summed E-state index contributed by atoms with van der Waals surface area (Å²) in [5.41, 5.74) is 1.63. The van der Waals surface area contributed by atoms with Crippen LogP contribution in [0.15, 0.2) is 46.7 Å². The van der Waals surface area contributed by atoms with Crippen molar-refractivity contribution in [2.75, 3.05) is 11.9 Å². The summed E-state index contributed by atoms with van der Waals surface area (Å²) >= 11 is 1.40. The Kier molecular flexibility index (Phi) is 4.59. The molecule has 0 radical (unpaired) electrons. The van der Waals surface area contributed by atoms with Crippen LogP contribution < -0.4 is 16.2 Å². The quantitative estimate of drug-likeness (QED) is 0.695. The van der Waals surface area contributed by atoms with E-state index in [0.717, 1.165) is 0 Å². The molecular weight excluding hydrogens is 324 g/mol. The minimum absolute atomic E-state index is 0.127. The first-order valence-corrected chi connectivity index (χ1v) is 8.07. The van der Waals surface area contributed by atoms with E-state index in [2.05, 4.69) is 21.5 Å². The summed E-state index contributed by atoms with van der Waals surface area (Å²) in [5.74, 6) is 2.12. The number of rotatable bonds is 5. The summed E-state index contributed by atoms with van der Waals surface area (Å²) in [5, 5.41) is 7.60. The van der Waals surface area contributed by atoms with Gasteiger partial charge in [0.2, 0.25) is 0 Å². The van der Waals surface area contributed by atoms with Crippen LogP contribution in [0.4, 0.5) is 5.69 Å². The maximum atomic E-state index is 12.1.